The number of hydrogen-bond donors (Lipinski definition) is 1. The first-order valence-electron chi connectivity index (χ1n) is 8.45. The summed E-state index contributed by atoms with van der Waals surface area (Å²) >= 11 is 0. The predicted molar refractivity (Wildman–Crippen MR) is 86.6 cm³/mol. The molecule has 3 heteroatoms. The highest BCUT2D eigenvalue weighted by Gasteiger charge is 2.28. The van der Waals surface area contributed by atoms with E-state index in [1.54, 1.807) is 0 Å². The van der Waals surface area contributed by atoms with E-state index in [2.05, 4.69) is 47.5 Å². The van der Waals surface area contributed by atoms with E-state index in [1.165, 1.54) is 44.5 Å². The molecule has 2 aliphatic heterocycles. The molecule has 1 aromatic rings. The van der Waals surface area contributed by atoms with Crippen LogP contribution in [0.4, 0.5) is 0 Å². The second kappa shape index (κ2) is 7.39. The number of likely N-dealkylation sites (tertiary alicyclic amines) is 1. The van der Waals surface area contributed by atoms with E-state index in [-0.39, 0.29) is 0 Å². The third kappa shape index (κ3) is 4.29. The van der Waals surface area contributed by atoms with Crippen LogP contribution in [0, 0.1) is 0 Å². The second-order valence-corrected chi connectivity index (χ2v) is 6.53. The summed E-state index contributed by atoms with van der Waals surface area (Å²) in [5.74, 6) is 0. The number of nitrogens with zero attached hydrogens (tertiary/aromatic N) is 1. The van der Waals surface area contributed by atoms with Crippen LogP contribution in [0.15, 0.2) is 30.3 Å². The zero-order valence-corrected chi connectivity index (χ0v) is 13.1. The molecular weight excluding hydrogens is 260 g/mol. The zero-order valence-electron chi connectivity index (χ0n) is 13.1. The number of rotatable bonds is 6. The van der Waals surface area contributed by atoms with E-state index in [9.17, 15) is 0 Å². The van der Waals surface area contributed by atoms with Crippen LogP contribution in [0.2, 0.25) is 0 Å². The van der Waals surface area contributed by atoms with E-state index < -0.39 is 0 Å². The summed E-state index contributed by atoms with van der Waals surface area (Å²) in [5.41, 5.74) is 1.45. The number of ether oxygens (including phenoxy) is 1. The fraction of sp³-hybridized carbons (Fsp3) is 0.667. The molecule has 2 heterocycles. The highest BCUT2D eigenvalue weighted by Crippen LogP contribution is 2.18. The smallest absolute Gasteiger partial charge is 0.0726 e. The topological polar surface area (TPSA) is 24.5 Å². The molecular formula is C18H28N2O. The molecule has 1 aromatic carbocycles. The predicted octanol–water partition coefficient (Wildman–Crippen LogP) is 2.46. The van der Waals surface area contributed by atoms with Crippen LogP contribution < -0.4 is 5.32 Å². The van der Waals surface area contributed by atoms with Gasteiger partial charge in [-0.3, -0.25) is 0 Å². The van der Waals surface area contributed by atoms with E-state index in [0.29, 0.717) is 18.2 Å². The van der Waals surface area contributed by atoms with Gasteiger partial charge in [0.1, 0.15) is 0 Å². The summed E-state index contributed by atoms with van der Waals surface area (Å²) in [7, 11) is 0. The minimum Gasteiger partial charge on any atom is -0.377 e. The maximum Gasteiger partial charge on any atom is 0.0726 e. The van der Waals surface area contributed by atoms with Gasteiger partial charge < -0.3 is 15.0 Å². The first-order valence-corrected chi connectivity index (χ1v) is 8.45. The average Bonchev–Trinajstić information content (AvgIpc) is 3.18. The lowest BCUT2D eigenvalue weighted by atomic mass is 10.1. The van der Waals surface area contributed by atoms with Crippen molar-refractivity contribution >= 4 is 0 Å². The molecule has 3 unspecified atom stereocenters. The molecule has 0 spiro atoms. The molecule has 0 bridgehead atoms. The lowest BCUT2D eigenvalue weighted by molar-refractivity contribution is 0.0799. The fourth-order valence-corrected chi connectivity index (χ4v) is 3.58. The summed E-state index contributed by atoms with van der Waals surface area (Å²) in [6.45, 7) is 6.82. The highest BCUT2D eigenvalue weighted by molar-refractivity contribution is 5.14. The zero-order chi connectivity index (χ0) is 14.5. The van der Waals surface area contributed by atoms with Gasteiger partial charge in [0.15, 0.2) is 0 Å². The normalized spacial score (nSPS) is 28.0. The maximum absolute atomic E-state index is 5.78. The number of nitrogens with one attached hydrogen (secondary N) is 1. The Labute approximate surface area is 128 Å². The van der Waals surface area contributed by atoms with Crippen molar-refractivity contribution in [2.45, 2.75) is 50.8 Å². The van der Waals surface area contributed by atoms with Gasteiger partial charge in [-0.25, -0.2) is 0 Å². The van der Waals surface area contributed by atoms with Gasteiger partial charge >= 0.3 is 0 Å². The lowest BCUT2D eigenvalue weighted by Crippen LogP contribution is -2.44. The van der Waals surface area contributed by atoms with Gasteiger partial charge in [0, 0.05) is 31.8 Å². The van der Waals surface area contributed by atoms with Gasteiger partial charge in [-0.1, -0.05) is 30.3 Å². The van der Waals surface area contributed by atoms with E-state index in [1.807, 2.05) is 0 Å². The molecule has 2 fully saturated rings. The largest absolute Gasteiger partial charge is 0.377 e. The quantitative estimate of drug-likeness (QED) is 0.870. The van der Waals surface area contributed by atoms with E-state index in [0.717, 1.165) is 13.0 Å². The Kier molecular flexibility index (Phi) is 5.28. The standard InChI is InChI=1S/C18H28N2O/c1-15(18-8-5-13-21-18)19-17-10-12-20(14-17)11-9-16-6-3-2-4-7-16/h2-4,6-7,15,17-19H,5,8-14H2,1H3. The van der Waals surface area contributed by atoms with Crippen molar-refractivity contribution in [2.24, 2.45) is 0 Å². The molecule has 0 radical (unpaired) electrons. The van der Waals surface area contributed by atoms with Crippen molar-refractivity contribution in [3.63, 3.8) is 0 Å². The summed E-state index contributed by atoms with van der Waals surface area (Å²) in [6, 6.07) is 11.9. The van der Waals surface area contributed by atoms with Crippen LogP contribution in [-0.2, 0) is 11.2 Å². The van der Waals surface area contributed by atoms with Crippen LogP contribution in [0.5, 0.6) is 0 Å². The molecule has 2 aliphatic rings. The minimum atomic E-state index is 0.434. The highest BCUT2D eigenvalue weighted by atomic mass is 16.5. The fourth-order valence-electron chi connectivity index (χ4n) is 3.58. The molecule has 1 N–H and O–H groups in total. The second-order valence-electron chi connectivity index (χ2n) is 6.53. The summed E-state index contributed by atoms with van der Waals surface area (Å²) in [4.78, 5) is 2.59. The maximum atomic E-state index is 5.78. The van der Waals surface area contributed by atoms with Crippen molar-refractivity contribution < 1.29 is 4.74 Å². The van der Waals surface area contributed by atoms with Gasteiger partial charge in [0.05, 0.1) is 6.10 Å². The van der Waals surface area contributed by atoms with Crippen LogP contribution in [-0.4, -0.2) is 49.3 Å². The minimum absolute atomic E-state index is 0.434. The third-order valence-electron chi connectivity index (χ3n) is 4.85. The van der Waals surface area contributed by atoms with Gasteiger partial charge in [0.25, 0.3) is 0 Å². The monoisotopic (exact) mass is 288 g/mol. The SMILES string of the molecule is CC(NC1CCN(CCc2ccccc2)C1)C1CCCO1. The molecule has 0 amide bonds. The molecule has 0 aliphatic carbocycles. The number of benzene rings is 1. The van der Waals surface area contributed by atoms with Gasteiger partial charge in [-0.2, -0.15) is 0 Å². The summed E-state index contributed by atoms with van der Waals surface area (Å²) in [5, 5.41) is 3.78. The Hall–Kier alpha value is -0.900. The molecule has 3 rings (SSSR count). The Morgan fingerprint density at radius 3 is 2.90 bits per heavy atom. The van der Waals surface area contributed by atoms with E-state index >= 15 is 0 Å². The van der Waals surface area contributed by atoms with Crippen molar-refractivity contribution in [1.82, 2.24) is 10.2 Å². The van der Waals surface area contributed by atoms with Crippen LogP contribution in [0.25, 0.3) is 0 Å². The molecule has 0 aromatic heterocycles. The molecule has 0 saturated carbocycles. The Balaban J connectivity index is 1.38. The van der Waals surface area contributed by atoms with Gasteiger partial charge in [0.2, 0.25) is 0 Å². The Bertz CT molecular complexity index is 416. The van der Waals surface area contributed by atoms with Crippen LogP contribution in [0.3, 0.4) is 0 Å². The van der Waals surface area contributed by atoms with Crippen LogP contribution >= 0.6 is 0 Å². The lowest BCUT2D eigenvalue weighted by Gasteiger charge is -2.24. The number of hydrogen-bond acceptors (Lipinski definition) is 3. The summed E-state index contributed by atoms with van der Waals surface area (Å²) < 4.78 is 5.78. The van der Waals surface area contributed by atoms with Crippen molar-refractivity contribution in [2.75, 3.05) is 26.2 Å². The van der Waals surface area contributed by atoms with E-state index in [4.69, 9.17) is 4.74 Å². The summed E-state index contributed by atoms with van der Waals surface area (Å²) in [6.07, 6.45) is 5.31. The molecule has 116 valence electrons. The first-order chi connectivity index (χ1) is 10.3. The van der Waals surface area contributed by atoms with Gasteiger partial charge in [-0.15, -0.1) is 0 Å². The van der Waals surface area contributed by atoms with Crippen molar-refractivity contribution in [3.05, 3.63) is 35.9 Å². The van der Waals surface area contributed by atoms with Crippen LogP contribution in [0.1, 0.15) is 31.7 Å². The van der Waals surface area contributed by atoms with Crippen molar-refractivity contribution in [1.29, 1.82) is 0 Å². The first kappa shape index (κ1) is 15.0. The third-order valence-corrected chi connectivity index (χ3v) is 4.85. The Morgan fingerprint density at radius 2 is 2.14 bits per heavy atom. The van der Waals surface area contributed by atoms with Crippen molar-refractivity contribution in [3.8, 4) is 0 Å². The molecule has 3 nitrogen and oxygen atoms in total. The molecule has 2 saturated heterocycles. The average molecular weight is 288 g/mol. The van der Waals surface area contributed by atoms with Gasteiger partial charge in [-0.05, 0) is 44.7 Å². The molecule has 21 heavy (non-hydrogen) atoms. The molecule has 3 atom stereocenters. The Morgan fingerprint density at radius 1 is 1.29 bits per heavy atom.